The molecular weight excluding hydrogens is 309 g/mol. The summed E-state index contributed by atoms with van der Waals surface area (Å²) in [5, 5.41) is 0. The Labute approximate surface area is 120 Å². The Morgan fingerprint density at radius 2 is 1.95 bits per heavy atom. The summed E-state index contributed by atoms with van der Waals surface area (Å²) in [5.74, 6) is -0.772. The molecule has 0 fully saturated rings. The van der Waals surface area contributed by atoms with Crippen LogP contribution in [0.25, 0.3) is 0 Å². The highest BCUT2D eigenvalue weighted by molar-refractivity contribution is 7.89. The van der Waals surface area contributed by atoms with Gasteiger partial charge >= 0.3 is 0 Å². The summed E-state index contributed by atoms with van der Waals surface area (Å²) in [6, 6.07) is 8.22. The van der Waals surface area contributed by atoms with E-state index in [0.29, 0.717) is 4.34 Å². The lowest BCUT2D eigenvalue weighted by atomic mass is 10.3. The van der Waals surface area contributed by atoms with Crippen LogP contribution in [-0.4, -0.2) is 8.42 Å². The first-order valence-corrected chi connectivity index (χ1v) is 8.10. The van der Waals surface area contributed by atoms with Crippen molar-refractivity contribution in [1.29, 1.82) is 0 Å². The molecule has 0 bridgehead atoms. The maximum atomic E-state index is 13.5. The summed E-state index contributed by atoms with van der Waals surface area (Å²) in [6.07, 6.45) is 0. The number of hydrogen-bond acceptors (Lipinski definition) is 3. The Kier molecular flexibility index (Phi) is 4.25. The van der Waals surface area contributed by atoms with Gasteiger partial charge in [0.25, 0.3) is 0 Å². The third-order valence-corrected chi connectivity index (χ3v) is 5.47. The van der Waals surface area contributed by atoms with Gasteiger partial charge in [-0.1, -0.05) is 23.7 Å². The third-order valence-electron chi connectivity index (χ3n) is 2.48. The highest BCUT2D eigenvalue weighted by atomic mass is 35.5. The fourth-order valence-electron chi connectivity index (χ4n) is 1.58. The molecule has 0 saturated heterocycles. The van der Waals surface area contributed by atoms with Gasteiger partial charge < -0.3 is 0 Å². The third kappa shape index (κ3) is 3.33. The van der Waals surface area contributed by atoms with Crippen LogP contribution < -0.4 is 4.72 Å². The van der Waals surface area contributed by atoms with Crippen molar-refractivity contribution in [1.82, 2.24) is 4.72 Å². The average Bonchev–Trinajstić information content (AvgIpc) is 2.76. The van der Waals surface area contributed by atoms with Gasteiger partial charge in [-0.2, -0.15) is 0 Å². The minimum absolute atomic E-state index is 0.357. The summed E-state index contributed by atoms with van der Waals surface area (Å²) in [6.45, 7) is 1.68. The first-order valence-electron chi connectivity index (χ1n) is 5.42. The van der Waals surface area contributed by atoms with Crippen LogP contribution in [0.2, 0.25) is 4.34 Å². The quantitative estimate of drug-likeness (QED) is 0.936. The number of nitrogens with one attached hydrogen (secondary N) is 1. The van der Waals surface area contributed by atoms with Gasteiger partial charge in [0.1, 0.15) is 10.7 Å². The summed E-state index contributed by atoms with van der Waals surface area (Å²) < 4.78 is 40.6. The van der Waals surface area contributed by atoms with Crippen molar-refractivity contribution in [3.8, 4) is 0 Å². The molecule has 2 rings (SSSR count). The summed E-state index contributed by atoms with van der Waals surface area (Å²) in [5.41, 5.74) is 0. The number of sulfonamides is 1. The van der Waals surface area contributed by atoms with Gasteiger partial charge in [0.15, 0.2) is 0 Å². The number of thiophene rings is 1. The van der Waals surface area contributed by atoms with Crippen LogP contribution in [0.15, 0.2) is 41.3 Å². The maximum Gasteiger partial charge on any atom is 0.244 e. The van der Waals surface area contributed by atoms with E-state index >= 15 is 0 Å². The Bertz CT molecular complexity index is 685. The largest absolute Gasteiger partial charge is 0.244 e. The zero-order chi connectivity index (χ0) is 14.0. The maximum absolute atomic E-state index is 13.5. The van der Waals surface area contributed by atoms with E-state index < -0.39 is 21.9 Å². The molecular formula is C12H11ClFNO2S2. The highest BCUT2D eigenvalue weighted by Crippen LogP contribution is 2.28. The van der Waals surface area contributed by atoms with Gasteiger partial charge in [0, 0.05) is 4.88 Å². The van der Waals surface area contributed by atoms with Crippen molar-refractivity contribution in [2.75, 3.05) is 0 Å². The zero-order valence-electron chi connectivity index (χ0n) is 9.93. The predicted octanol–water partition coefficient (Wildman–Crippen LogP) is 3.58. The topological polar surface area (TPSA) is 46.2 Å². The van der Waals surface area contributed by atoms with Gasteiger partial charge in [-0.25, -0.2) is 17.5 Å². The fourth-order valence-corrected chi connectivity index (χ4v) is 4.02. The number of halogens is 2. The van der Waals surface area contributed by atoms with E-state index in [0.717, 1.165) is 10.9 Å². The molecule has 0 amide bonds. The van der Waals surface area contributed by atoms with Gasteiger partial charge in [-0.05, 0) is 31.2 Å². The van der Waals surface area contributed by atoms with Gasteiger partial charge in [-0.3, -0.25) is 0 Å². The van der Waals surface area contributed by atoms with Crippen molar-refractivity contribution in [3.63, 3.8) is 0 Å². The van der Waals surface area contributed by atoms with Crippen LogP contribution in [-0.2, 0) is 10.0 Å². The molecule has 0 spiro atoms. The Hall–Kier alpha value is -0.950. The molecule has 19 heavy (non-hydrogen) atoms. The van der Waals surface area contributed by atoms with Crippen molar-refractivity contribution in [2.24, 2.45) is 0 Å². The number of hydrogen-bond donors (Lipinski definition) is 1. The molecule has 0 radical (unpaired) electrons. The smallest absolute Gasteiger partial charge is 0.207 e. The number of rotatable bonds is 4. The second kappa shape index (κ2) is 5.58. The second-order valence-electron chi connectivity index (χ2n) is 3.92. The summed E-state index contributed by atoms with van der Waals surface area (Å²) in [7, 11) is -3.89. The molecule has 0 aliphatic rings. The minimum Gasteiger partial charge on any atom is -0.207 e. The Balaban J connectivity index is 2.25. The first-order chi connectivity index (χ1) is 8.90. The number of benzene rings is 1. The molecule has 1 aromatic heterocycles. The molecule has 0 aliphatic heterocycles. The van der Waals surface area contributed by atoms with E-state index in [2.05, 4.69) is 4.72 Å². The molecule has 0 unspecified atom stereocenters. The monoisotopic (exact) mass is 319 g/mol. The van der Waals surface area contributed by atoms with Crippen LogP contribution in [0.3, 0.4) is 0 Å². The normalized spacial score (nSPS) is 13.4. The summed E-state index contributed by atoms with van der Waals surface area (Å²) in [4.78, 5) is 0.411. The highest BCUT2D eigenvalue weighted by Gasteiger charge is 2.22. The van der Waals surface area contributed by atoms with Crippen LogP contribution in [0.1, 0.15) is 17.8 Å². The second-order valence-corrected chi connectivity index (χ2v) is 7.34. The van der Waals surface area contributed by atoms with Crippen molar-refractivity contribution < 1.29 is 12.8 Å². The summed E-state index contributed by atoms with van der Waals surface area (Å²) >= 11 is 7.08. The lowest BCUT2D eigenvalue weighted by Crippen LogP contribution is -2.27. The first kappa shape index (κ1) is 14.5. The van der Waals surface area contributed by atoms with Crippen LogP contribution in [0, 0.1) is 5.82 Å². The van der Waals surface area contributed by atoms with Gasteiger partial charge in [0.2, 0.25) is 10.0 Å². The molecule has 1 aromatic carbocycles. The molecule has 1 heterocycles. The molecule has 1 N–H and O–H groups in total. The van der Waals surface area contributed by atoms with Crippen molar-refractivity contribution >= 4 is 33.0 Å². The fraction of sp³-hybridized carbons (Fsp3) is 0.167. The molecule has 102 valence electrons. The molecule has 2 aromatic rings. The van der Waals surface area contributed by atoms with Gasteiger partial charge in [0.05, 0.1) is 10.4 Å². The van der Waals surface area contributed by atoms with Crippen LogP contribution >= 0.6 is 22.9 Å². The SMILES string of the molecule is C[C@@H](NS(=O)(=O)c1ccccc1F)c1ccc(Cl)s1. The lowest BCUT2D eigenvalue weighted by Gasteiger charge is -2.13. The minimum atomic E-state index is -3.89. The van der Waals surface area contributed by atoms with Crippen LogP contribution in [0.5, 0.6) is 0 Å². The van der Waals surface area contributed by atoms with Crippen LogP contribution in [0.4, 0.5) is 4.39 Å². The van der Waals surface area contributed by atoms with Gasteiger partial charge in [-0.15, -0.1) is 11.3 Å². The van der Waals surface area contributed by atoms with E-state index in [4.69, 9.17) is 11.6 Å². The van der Waals surface area contributed by atoms with Crippen molar-refractivity contribution in [3.05, 3.63) is 51.4 Å². The molecule has 7 heteroatoms. The Morgan fingerprint density at radius 3 is 2.53 bits per heavy atom. The standard InChI is InChI=1S/C12H11ClFNO2S2/c1-8(10-6-7-12(13)18-10)15-19(16,17)11-5-3-2-4-9(11)14/h2-8,15H,1H3/t8-/m1/s1. The van der Waals surface area contributed by atoms with E-state index in [1.807, 2.05) is 0 Å². The van der Waals surface area contributed by atoms with E-state index in [9.17, 15) is 12.8 Å². The lowest BCUT2D eigenvalue weighted by molar-refractivity contribution is 0.548. The predicted molar refractivity (Wildman–Crippen MR) is 74.5 cm³/mol. The molecule has 0 aliphatic carbocycles. The van der Waals surface area contributed by atoms with E-state index in [1.54, 1.807) is 19.1 Å². The average molecular weight is 320 g/mol. The molecule has 3 nitrogen and oxygen atoms in total. The molecule has 0 saturated carbocycles. The van der Waals surface area contributed by atoms with E-state index in [1.165, 1.54) is 29.5 Å². The zero-order valence-corrected chi connectivity index (χ0v) is 12.3. The van der Waals surface area contributed by atoms with E-state index in [-0.39, 0.29) is 4.90 Å². The Morgan fingerprint density at radius 1 is 1.26 bits per heavy atom. The van der Waals surface area contributed by atoms with Crippen molar-refractivity contribution in [2.45, 2.75) is 17.9 Å². The molecule has 1 atom stereocenters.